The van der Waals surface area contributed by atoms with Crippen molar-refractivity contribution in [1.29, 1.82) is 0 Å². The van der Waals surface area contributed by atoms with Gasteiger partial charge in [-0.15, -0.1) is 0 Å². The van der Waals surface area contributed by atoms with Crippen LogP contribution in [0, 0.1) is 6.92 Å². The highest BCUT2D eigenvalue weighted by Crippen LogP contribution is 2.26. The Balaban J connectivity index is 2.32. The zero-order chi connectivity index (χ0) is 17.0. The molecule has 2 aromatic rings. The zero-order valence-electron chi connectivity index (χ0n) is 12.8. The Labute approximate surface area is 132 Å². The number of nitrogens with one attached hydrogen (secondary N) is 1. The molecule has 0 spiro atoms. The minimum Gasteiger partial charge on any atom is -0.363 e. The van der Waals surface area contributed by atoms with E-state index in [0.717, 1.165) is 0 Å². The molecule has 120 valence electrons. The molecule has 0 saturated heterocycles. The van der Waals surface area contributed by atoms with Gasteiger partial charge in [-0.25, -0.2) is 0 Å². The average molecular weight is 315 g/mol. The molecule has 0 aliphatic carbocycles. The topological polar surface area (TPSA) is 115 Å². The highest BCUT2D eigenvalue weighted by atomic mass is 16.5. The molecule has 1 aromatic carbocycles. The van der Waals surface area contributed by atoms with Gasteiger partial charge in [0.25, 0.3) is 11.8 Å². The number of aromatic nitrogens is 1. The number of ketones is 1. The van der Waals surface area contributed by atoms with Crippen LogP contribution in [-0.2, 0) is 9.59 Å². The molecule has 0 radical (unpaired) electrons. The number of nitrogens with zero attached hydrogens (tertiary/aromatic N) is 1. The molecular formula is C16H17N3O4. The summed E-state index contributed by atoms with van der Waals surface area (Å²) in [5.74, 6) is -2.15. The van der Waals surface area contributed by atoms with Crippen molar-refractivity contribution in [2.24, 2.45) is 5.73 Å². The van der Waals surface area contributed by atoms with E-state index in [1.165, 1.54) is 0 Å². The van der Waals surface area contributed by atoms with Crippen LogP contribution in [0.15, 0.2) is 34.9 Å². The minimum absolute atomic E-state index is 0.229. The van der Waals surface area contributed by atoms with E-state index >= 15 is 0 Å². The Morgan fingerprint density at radius 2 is 1.91 bits per heavy atom. The SMILES string of the molecule is CCC(NC(=O)c1c(C)noc1-c1ccccc1)C(=O)C(N)=O. The first-order valence-electron chi connectivity index (χ1n) is 7.11. The minimum atomic E-state index is -1.08. The van der Waals surface area contributed by atoms with E-state index < -0.39 is 23.6 Å². The van der Waals surface area contributed by atoms with Crippen LogP contribution in [0.3, 0.4) is 0 Å². The fourth-order valence-electron chi connectivity index (χ4n) is 2.18. The van der Waals surface area contributed by atoms with Crippen molar-refractivity contribution in [2.45, 2.75) is 26.3 Å². The van der Waals surface area contributed by atoms with Gasteiger partial charge in [0.15, 0.2) is 5.76 Å². The third-order valence-corrected chi connectivity index (χ3v) is 3.40. The predicted molar refractivity (Wildman–Crippen MR) is 82.4 cm³/mol. The second kappa shape index (κ2) is 6.87. The van der Waals surface area contributed by atoms with Gasteiger partial charge in [-0.2, -0.15) is 0 Å². The van der Waals surface area contributed by atoms with Crippen molar-refractivity contribution in [3.8, 4) is 11.3 Å². The third kappa shape index (κ3) is 3.45. The highest BCUT2D eigenvalue weighted by Gasteiger charge is 2.27. The van der Waals surface area contributed by atoms with Crippen molar-refractivity contribution >= 4 is 17.6 Å². The van der Waals surface area contributed by atoms with Gasteiger partial charge >= 0.3 is 0 Å². The van der Waals surface area contributed by atoms with Crippen molar-refractivity contribution in [2.75, 3.05) is 0 Å². The van der Waals surface area contributed by atoms with Gasteiger partial charge in [0.1, 0.15) is 5.56 Å². The van der Waals surface area contributed by atoms with Crippen molar-refractivity contribution < 1.29 is 18.9 Å². The van der Waals surface area contributed by atoms with E-state index in [1.54, 1.807) is 38.1 Å². The Kier molecular flexibility index (Phi) is 4.90. The van der Waals surface area contributed by atoms with E-state index in [2.05, 4.69) is 10.5 Å². The van der Waals surface area contributed by atoms with Gasteiger partial charge < -0.3 is 15.6 Å². The van der Waals surface area contributed by atoms with Gasteiger partial charge in [-0.3, -0.25) is 14.4 Å². The summed E-state index contributed by atoms with van der Waals surface area (Å²) in [6, 6.07) is 8.04. The molecule has 7 nitrogen and oxygen atoms in total. The fraction of sp³-hybridized carbons (Fsp3) is 0.250. The lowest BCUT2D eigenvalue weighted by Crippen LogP contribution is -2.45. The molecule has 1 atom stereocenters. The lowest BCUT2D eigenvalue weighted by molar-refractivity contribution is -0.137. The lowest BCUT2D eigenvalue weighted by atomic mass is 10.0. The molecular weight excluding hydrogens is 298 g/mol. The summed E-state index contributed by atoms with van der Waals surface area (Å²) in [7, 11) is 0. The summed E-state index contributed by atoms with van der Waals surface area (Å²) >= 11 is 0. The second-order valence-electron chi connectivity index (χ2n) is 5.00. The monoisotopic (exact) mass is 315 g/mol. The first-order valence-corrected chi connectivity index (χ1v) is 7.11. The average Bonchev–Trinajstić information content (AvgIpc) is 2.94. The second-order valence-corrected chi connectivity index (χ2v) is 5.00. The van der Waals surface area contributed by atoms with Crippen LogP contribution in [0.4, 0.5) is 0 Å². The number of primary amides is 1. The molecule has 1 aromatic heterocycles. The fourth-order valence-corrected chi connectivity index (χ4v) is 2.18. The van der Waals surface area contributed by atoms with Gasteiger partial charge in [-0.05, 0) is 13.3 Å². The first-order chi connectivity index (χ1) is 11.0. The summed E-state index contributed by atoms with van der Waals surface area (Å²) in [6.07, 6.45) is 0.249. The van der Waals surface area contributed by atoms with E-state index in [0.29, 0.717) is 17.0 Å². The molecule has 2 rings (SSSR count). The molecule has 1 unspecified atom stereocenters. The summed E-state index contributed by atoms with van der Waals surface area (Å²) in [4.78, 5) is 35.2. The van der Waals surface area contributed by atoms with Gasteiger partial charge in [-0.1, -0.05) is 42.4 Å². The summed E-state index contributed by atoms with van der Waals surface area (Å²) in [5, 5.41) is 6.33. The Morgan fingerprint density at radius 1 is 1.26 bits per heavy atom. The van der Waals surface area contributed by atoms with Gasteiger partial charge in [0.05, 0.1) is 11.7 Å². The van der Waals surface area contributed by atoms with Gasteiger partial charge in [0.2, 0.25) is 5.78 Å². The van der Waals surface area contributed by atoms with E-state index in [-0.39, 0.29) is 12.0 Å². The van der Waals surface area contributed by atoms with Crippen molar-refractivity contribution in [3.05, 3.63) is 41.6 Å². The van der Waals surface area contributed by atoms with Crippen molar-refractivity contribution in [1.82, 2.24) is 10.5 Å². The quantitative estimate of drug-likeness (QED) is 0.777. The molecule has 0 aliphatic rings. The van der Waals surface area contributed by atoms with Gasteiger partial charge in [0, 0.05) is 5.56 Å². The van der Waals surface area contributed by atoms with E-state index in [9.17, 15) is 14.4 Å². The number of carbonyl (C=O) groups excluding carboxylic acids is 3. The molecule has 7 heteroatoms. The number of hydrogen-bond donors (Lipinski definition) is 2. The Hall–Kier alpha value is -2.96. The number of rotatable bonds is 6. The number of benzene rings is 1. The third-order valence-electron chi connectivity index (χ3n) is 3.40. The number of hydrogen-bond acceptors (Lipinski definition) is 5. The van der Waals surface area contributed by atoms with Crippen molar-refractivity contribution in [3.63, 3.8) is 0 Å². The molecule has 1 heterocycles. The summed E-state index contributed by atoms with van der Waals surface area (Å²) in [6.45, 7) is 3.30. The number of aryl methyl sites for hydroxylation is 1. The molecule has 3 N–H and O–H groups in total. The normalized spacial score (nSPS) is 11.7. The van der Waals surface area contributed by atoms with Crippen LogP contribution in [-0.4, -0.2) is 28.8 Å². The molecule has 0 fully saturated rings. The molecule has 0 saturated carbocycles. The van der Waals surface area contributed by atoms with Crippen LogP contribution in [0.1, 0.15) is 29.4 Å². The van der Waals surface area contributed by atoms with E-state index in [1.807, 2.05) is 6.07 Å². The first kappa shape index (κ1) is 16.4. The Bertz CT molecular complexity index is 737. The van der Waals surface area contributed by atoms with Crippen LogP contribution in [0.5, 0.6) is 0 Å². The standard InChI is InChI=1S/C16H17N3O4/c1-3-11(13(20)15(17)21)18-16(22)12-9(2)19-23-14(12)10-7-5-4-6-8-10/h4-8,11H,3H2,1-2H3,(H2,17,21)(H,18,22). The summed E-state index contributed by atoms with van der Waals surface area (Å²) < 4.78 is 5.24. The van der Waals surface area contributed by atoms with Crippen LogP contribution in [0.2, 0.25) is 0 Å². The molecule has 23 heavy (non-hydrogen) atoms. The van der Waals surface area contributed by atoms with E-state index in [4.69, 9.17) is 10.3 Å². The maximum absolute atomic E-state index is 12.5. The predicted octanol–water partition coefficient (Wildman–Crippen LogP) is 1.21. The number of nitrogens with two attached hydrogens (primary N) is 1. The maximum Gasteiger partial charge on any atom is 0.287 e. The number of amides is 2. The van der Waals surface area contributed by atoms with Crippen LogP contribution >= 0.6 is 0 Å². The molecule has 2 amide bonds. The lowest BCUT2D eigenvalue weighted by Gasteiger charge is -2.14. The Morgan fingerprint density at radius 3 is 2.48 bits per heavy atom. The molecule has 0 bridgehead atoms. The highest BCUT2D eigenvalue weighted by molar-refractivity contribution is 6.38. The molecule has 0 aliphatic heterocycles. The smallest absolute Gasteiger partial charge is 0.287 e. The zero-order valence-corrected chi connectivity index (χ0v) is 12.8. The maximum atomic E-state index is 12.5. The van der Waals surface area contributed by atoms with Crippen LogP contribution < -0.4 is 11.1 Å². The number of Topliss-reactive ketones (excluding diaryl/α,β-unsaturated/α-hetero) is 1. The number of carbonyl (C=O) groups is 3. The largest absolute Gasteiger partial charge is 0.363 e. The van der Waals surface area contributed by atoms with Crippen LogP contribution in [0.25, 0.3) is 11.3 Å². The summed E-state index contributed by atoms with van der Waals surface area (Å²) in [5.41, 5.74) is 6.29.